The second-order valence-corrected chi connectivity index (χ2v) is 7.15. The van der Waals surface area contributed by atoms with Gasteiger partial charge in [-0.05, 0) is 27.7 Å². The van der Waals surface area contributed by atoms with E-state index in [2.05, 4.69) is 0 Å². The zero-order valence-electron chi connectivity index (χ0n) is 15.3. The summed E-state index contributed by atoms with van der Waals surface area (Å²) >= 11 is 0. The molecule has 1 aromatic carbocycles. The van der Waals surface area contributed by atoms with E-state index in [0.717, 1.165) is 22.4 Å². The summed E-state index contributed by atoms with van der Waals surface area (Å²) in [5, 5.41) is 0. The molecule has 25 heavy (non-hydrogen) atoms. The van der Waals surface area contributed by atoms with Crippen molar-refractivity contribution in [2.45, 2.75) is 40.6 Å². The van der Waals surface area contributed by atoms with Gasteiger partial charge in [0, 0.05) is 18.2 Å². The molecule has 0 bridgehead atoms. The van der Waals surface area contributed by atoms with Gasteiger partial charge in [-0.3, -0.25) is 4.79 Å². The van der Waals surface area contributed by atoms with Crippen LogP contribution in [0.15, 0.2) is 30.3 Å². The van der Waals surface area contributed by atoms with E-state index in [1.54, 1.807) is 7.11 Å². The van der Waals surface area contributed by atoms with E-state index in [9.17, 15) is 4.79 Å². The summed E-state index contributed by atoms with van der Waals surface area (Å²) in [6.45, 7) is 7.66. The summed E-state index contributed by atoms with van der Waals surface area (Å²) in [4.78, 5) is 17.1. The summed E-state index contributed by atoms with van der Waals surface area (Å²) in [6, 6.07) is 9.91. The van der Waals surface area contributed by atoms with Crippen molar-refractivity contribution >= 4 is 5.97 Å². The van der Waals surface area contributed by atoms with E-state index in [-0.39, 0.29) is 5.97 Å². The van der Waals surface area contributed by atoms with Gasteiger partial charge in [0.1, 0.15) is 0 Å². The zero-order chi connectivity index (χ0) is 18.2. The number of ether oxygens (including phenoxy) is 3. The van der Waals surface area contributed by atoms with Crippen LogP contribution < -0.4 is 4.74 Å². The number of hydrogen-bond acceptors (Lipinski definition) is 5. The van der Waals surface area contributed by atoms with Gasteiger partial charge in [0.25, 0.3) is 0 Å². The zero-order valence-corrected chi connectivity index (χ0v) is 15.3. The maximum atomic E-state index is 12.4. The first-order valence-corrected chi connectivity index (χ1v) is 8.28. The van der Waals surface area contributed by atoms with Crippen LogP contribution in [0.5, 0.6) is 5.75 Å². The molecule has 0 spiro atoms. The van der Waals surface area contributed by atoms with Crippen molar-refractivity contribution in [2.75, 3.05) is 7.11 Å². The van der Waals surface area contributed by atoms with Gasteiger partial charge in [0.2, 0.25) is 0 Å². The molecular formula is C20H23NO4. The van der Waals surface area contributed by atoms with Crippen molar-refractivity contribution < 1.29 is 19.0 Å². The fourth-order valence-electron chi connectivity index (χ4n) is 2.78. The Labute approximate surface area is 147 Å². The Morgan fingerprint density at radius 1 is 1.24 bits per heavy atom. The van der Waals surface area contributed by atoms with Crippen molar-refractivity contribution in [3.05, 3.63) is 47.2 Å². The number of aromatic nitrogens is 1. The number of pyridine rings is 1. The van der Waals surface area contributed by atoms with Crippen molar-refractivity contribution in [3.63, 3.8) is 0 Å². The van der Waals surface area contributed by atoms with Gasteiger partial charge in [-0.15, -0.1) is 0 Å². The van der Waals surface area contributed by atoms with Crippen LogP contribution in [0, 0.1) is 12.3 Å². The summed E-state index contributed by atoms with van der Waals surface area (Å²) in [7, 11) is 1.58. The van der Waals surface area contributed by atoms with Crippen molar-refractivity contribution in [3.8, 4) is 17.0 Å². The van der Waals surface area contributed by atoms with Gasteiger partial charge in [0.05, 0.1) is 29.0 Å². The Morgan fingerprint density at radius 2 is 1.92 bits per heavy atom. The molecule has 2 heterocycles. The van der Waals surface area contributed by atoms with E-state index in [0.29, 0.717) is 18.1 Å². The number of rotatable bonds is 3. The third kappa shape index (κ3) is 3.30. The van der Waals surface area contributed by atoms with Crippen LogP contribution in [0.1, 0.15) is 43.9 Å². The molecule has 0 saturated heterocycles. The van der Waals surface area contributed by atoms with E-state index in [4.69, 9.17) is 19.2 Å². The second-order valence-electron chi connectivity index (χ2n) is 7.15. The van der Waals surface area contributed by atoms with Crippen LogP contribution in [0.2, 0.25) is 0 Å². The molecule has 5 nitrogen and oxygen atoms in total. The third-order valence-corrected chi connectivity index (χ3v) is 4.15. The van der Waals surface area contributed by atoms with Crippen molar-refractivity contribution in [2.24, 2.45) is 5.41 Å². The van der Waals surface area contributed by atoms with Gasteiger partial charge in [-0.25, -0.2) is 4.98 Å². The molecule has 0 radical (unpaired) electrons. The van der Waals surface area contributed by atoms with E-state index in [1.807, 2.05) is 58.0 Å². The van der Waals surface area contributed by atoms with Crippen LogP contribution in [0.4, 0.5) is 0 Å². The lowest BCUT2D eigenvalue weighted by Gasteiger charge is -2.21. The van der Waals surface area contributed by atoms with Crippen LogP contribution in [0.3, 0.4) is 0 Å². The number of carbonyl (C=O) groups is 1. The van der Waals surface area contributed by atoms with Gasteiger partial charge in [0.15, 0.2) is 12.0 Å². The summed E-state index contributed by atoms with van der Waals surface area (Å²) < 4.78 is 16.9. The number of nitrogens with zero attached hydrogens (tertiary/aromatic N) is 1. The summed E-state index contributed by atoms with van der Waals surface area (Å²) in [6.07, 6.45) is -0.568. The Kier molecular flexibility index (Phi) is 4.62. The molecule has 5 heteroatoms. The molecule has 0 N–H and O–H groups in total. The number of hydrogen-bond donors (Lipinski definition) is 0. The highest BCUT2D eigenvalue weighted by atomic mass is 16.7. The first-order chi connectivity index (χ1) is 11.8. The van der Waals surface area contributed by atoms with Crippen LogP contribution in [-0.4, -0.2) is 18.1 Å². The molecule has 0 saturated carbocycles. The average Bonchev–Trinajstić information content (AvgIpc) is 3.00. The molecule has 3 rings (SSSR count). The summed E-state index contributed by atoms with van der Waals surface area (Å²) in [5.74, 6) is 0.132. The van der Waals surface area contributed by atoms with E-state index < -0.39 is 11.7 Å². The van der Waals surface area contributed by atoms with Crippen LogP contribution in [-0.2, 0) is 20.9 Å². The van der Waals surface area contributed by atoms with E-state index in [1.165, 1.54) is 0 Å². The SMILES string of the molecule is COC1OCc2c(-c3ccccc3)nc(C)c(OC(=O)C(C)(C)C)c21. The molecule has 0 fully saturated rings. The number of benzene rings is 1. The fraction of sp³-hybridized carbons (Fsp3) is 0.400. The molecule has 1 aliphatic heterocycles. The highest BCUT2D eigenvalue weighted by Crippen LogP contribution is 2.44. The van der Waals surface area contributed by atoms with Gasteiger partial charge >= 0.3 is 5.97 Å². The fourth-order valence-corrected chi connectivity index (χ4v) is 2.78. The molecule has 1 unspecified atom stereocenters. The largest absolute Gasteiger partial charge is 0.424 e. The van der Waals surface area contributed by atoms with Crippen molar-refractivity contribution in [1.82, 2.24) is 4.98 Å². The van der Waals surface area contributed by atoms with Crippen LogP contribution in [0.25, 0.3) is 11.3 Å². The van der Waals surface area contributed by atoms with Gasteiger partial charge in [-0.2, -0.15) is 0 Å². The second kappa shape index (κ2) is 6.58. The van der Waals surface area contributed by atoms with Gasteiger partial charge in [-0.1, -0.05) is 30.3 Å². The van der Waals surface area contributed by atoms with Crippen molar-refractivity contribution in [1.29, 1.82) is 0 Å². The third-order valence-electron chi connectivity index (χ3n) is 4.15. The molecule has 2 aromatic rings. The van der Waals surface area contributed by atoms with E-state index >= 15 is 0 Å². The number of esters is 1. The first kappa shape index (κ1) is 17.6. The minimum atomic E-state index is -0.612. The lowest BCUT2D eigenvalue weighted by Crippen LogP contribution is -2.26. The highest BCUT2D eigenvalue weighted by Gasteiger charge is 2.35. The quantitative estimate of drug-likeness (QED) is 0.784. The Hall–Kier alpha value is -2.24. The number of fused-ring (bicyclic) bond motifs is 1. The molecule has 1 atom stereocenters. The Bertz CT molecular complexity index is 794. The standard InChI is InChI=1S/C20H23NO4/c1-12-17(25-19(22)20(2,3)4)15-14(11-24-18(15)23-5)16(21-12)13-9-7-6-8-10-13/h6-10,18H,11H2,1-5H3. The Morgan fingerprint density at radius 3 is 2.52 bits per heavy atom. The van der Waals surface area contributed by atoms with Crippen LogP contribution >= 0.6 is 0 Å². The van der Waals surface area contributed by atoms with Gasteiger partial charge < -0.3 is 14.2 Å². The maximum Gasteiger partial charge on any atom is 0.316 e. The average molecular weight is 341 g/mol. The number of methoxy groups -OCH3 is 1. The number of carbonyl (C=O) groups excluding carboxylic acids is 1. The molecule has 132 valence electrons. The monoisotopic (exact) mass is 341 g/mol. The molecular weight excluding hydrogens is 318 g/mol. The first-order valence-electron chi connectivity index (χ1n) is 8.28. The normalized spacial score (nSPS) is 16.6. The predicted octanol–water partition coefficient (Wildman–Crippen LogP) is 4.18. The molecule has 0 amide bonds. The topological polar surface area (TPSA) is 57.6 Å². The lowest BCUT2D eigenvalue weighted by molar-refractivity contribution is -0.143. The lowest BCUT2D eigenvalue weighted by atomic mass is 9.97. The number of aryl methyl sites for hydroxylation is 1. The minimum absolute atomic E-state index is 0.311. The predicted molar refractivity (Wildman–Crippen MR) is 94.0 cm³/mol. The Balaban J connectivity index is 2.15. The molecule has 1 aliphatic rings. The highest BCUT2D eigenvalue weighted by molar-refractivity contribution is 5.79. The minimum Gasteiger partial charge on any atom is -0.424 e. The summed E-state index contributed by atoms with van der Waals surface area (Å²) in [5.41, 5.74) is 3.52. The molecule has 0 aliphatic carbocycles. The maximum absolute atomic E-state index is 12.4. The molecule has 1 aromatic heterocycles. The smallest absolute Gasteiger partial charge is 0.316 e.